The third kappa shape index (κ3) is 1.56. The van der Waals surface area contributed by atoms with E-state index >= 15 is 0 Å². The Labute approximate surface area is 99.2 Å². The highest BCUT2D eigenvalue weighted by Crippen LogP contribution is 2.27. The van der Waals surface area contributed by atoms with E-state index in [1.807, 2.05) is 12.1 Å². The van der Waals surface area contributed by atoms with Crippen molar-refractivity contribution in [2.24, 2.45) is 0 Å². The Bertz CT molecular complexity index is 574. The highest BCUT2D eigenvalue weighted by Gasteiger charge is 2.23. The van der Waals surface area contributed by atoms with Crippen LogP contribution in [0.2, 0.25) is 0 Å². The lowest BCUT2D eigenvalue weighted by molar-refractivity contribution is 0.119. The number of H-pyrrole nitrogens is 1. The summed E-state index contributed by atoms with van der Waals surface area (Å²) in [5, 5.41) is 1.20. The molecule has 17 heavy (non-hydrogen) atoms. The SMILES string of the molecule is COC(=O)N1CCc2[nH]c3ccccc3c2C1. The summed E-state index contributed by atoms with van der Waals surface area (Å²) in [4.78, 5) is 16.7. The van der Waals surface area contributed by atoms with Crippen LogP contribution in [0.3, 0.4) is 0 Å². The first-order valence-corrected chi connectivity index (χ1v) is 5.71. The molecule has 0 bridgehead atoms. The number of carbonyl (C=O) groups excluding carboxylic acids is 1. The van der Waals surface area contributed by atoms with Gasteiger partial charge in [0.25, 0.3) is 0 Å². The molecule has 1 aliphatic rings. The summed E-state index contributed by atoms with van der Waals surface area (Å²) >= 11 is 0. The van der Waals surface area contributed by atoms with Gasteiger partial charge in [-0.2, -0.15) is 0 Å². The fourth-order valence-corrected chi connectivity index (χ4v) is 2.45. The predicted molar refractivity (Wildman–Crippen MR) is 64.8 cm³/mol. The minimum absolute atomic E-state index is 0.249. The van der Waals surface area contributed by atoms with Crippen LogP contribution >= 0.6 is 0 Å². The number of benzene rings is 1. The van der Waals surface area contributed by atoms with Gasteiger partial charge in [0.05, 0.1) is 13.7 Å². The third-order valence-electron chi connectivity index (χ3n) is 3.32. The average Bonchev–Trinajstić information content (AvgIpc) is 2.75. The normalized spacial score (nSPS) is 14.8. The number of amides is 1. The molecule has 0 saturated carbocycles. The third-order valence-corrected chi connectivity index (χ3v) is 3.32. The molecule has 0 atom stereocenters. The molecule has 1 aromatic heterocycles. The molecule has 0 fully saturated rings. The first kappa shape index (κ1) is 10.2. The maximum atomic E-state index is 11.5. The number of rotatable bonds is 0. The monoisotopic (exact) mass is 230 g/mol. The number of aromatic nitrogens is 1. The largest absolute Gasteiger partial charge is 0.453 e. The van der Waals surface area contributed by atoms with Gasteiger partial charge >= 0.3 is 6.09 Å². The van der Waals surface area contributed by atoms with Gasteiger partial charge in [-0.05, 0) is 6.07 Å². The van der Waals surface area contributed by atoms with E-state index in [1.54, 1.807) is 4.90 Å². The minimum atomic E-state index is -0.249. The fourth-order valence-electron chi connectivity index (χ4n) is 2.45. The molecule has 1 aromatic carbocycles. The molecule has 1 amide bonds. The molecule has 3 rings (SSSR count). The van der Waals surface area contributed by atoms with Crippen LogP contribution in [0.25, 0.3) is 10.9 Å². The van der Waals surface area contributed by atoms with Crippen molar-refractivity contribution >= 4 is 17.0 Å². The zero-order valence-electron chi connectivity index (χ0n) is 9.69. The molecule has 2 heterocycles. The van der Waals surface area contributed by atoms with Crippen molar-refractivity contribution in [3.8, 4) is 0 Å². The van der Waals surface area contributed by atoms with Gasteiger partial charge in [0.1, 0.15) is 0 Å². The molecule has 1 N–H and O–H groups in total. The highest BCUT2D eigenvalue weighted by molar-refractivity contribution is 5.85. The highest BCUT2D eigenvalue weighted by atomic mass is 16.5. The Morgan fingerprint density at radius 3 is 3.06 bits per heavy atom. The van der Waals surface area contributed by atoms with E-state index < -0.39 is 0 Å². The van der Waals surface area contributed by atoms with Gasteiger partial charge in [-0.1, -0.05) is 18.2 Å². The van der Waals surface area contributed by atoms with Crippen LogP contribution in [0.5, 0.6) is 0 Å². The van der Waals surface area contributed by atoms with Gasteiger partial charge < -0.3 is 14.6 Å². The Hall–Kier alpha value is -1.97. The molecule has 4 heteroatoms. The minimum Gasteiger partial charge on any atom is -0.453 e. The molecule has 0 radical (unpaired) electrons. The molecular formula is C13H14N2O2. The molecule has 1 aliphatic heterocycles. The maximum Gasteiger partial charge on any atom is 0.409 e. The summed E-state index contributed by atoms with van der Waals surface area (Å²) in [5.41, 5.74) is 3.60. The van der Waals surface area contributed by atoms with Crippen molar-refractivity contribution in [1.29, 1.82) is 0 Å². The summed E-state index contributed by atoms with van der Waals surface area (Å²) in [5.74, 6) is 0. The van der Waals surface area contributed by atoms with E-state index in [0.29, 0.717) is 13.1 Å². The van der Waals surface area contributed by atoms with Crippen LogP contribution in [0.1, 0.15) is 11.3 Å². The van der Waals surface area contributed by atoms with Crippen molar-refractivity contribution in [3.63, 3.8) is 0 Å². The van der Waals surface area contributed by atoms with Crippen LogP contribution in [0.15, 0.2) is 24.3 Å². The maximum absolute atomic E-state index is 11.5. The zero-order valence-corrected chi connectivity index (χ0v) is 9.69. The number of aromatic amines is 1. The summed E-state index contributed by atoms with van der Waals surface area (Å²) in [6.07, 6.45) is 0.611. The lowest BCUT2D eigenvalue weighted by atomic mass is 10.1. The molecule has 0 unspecified atom stereocenters. The average molecular weight is 230 g/mol. The standard InChI is InChI=1S/C13H14N2O2/c1-17-13(16)15-7-6-12-10(8-15)9-4-2-3-5-11(9)14-12/h2-5,14H,6-8H2,1H3. The van der Waals surface area contributed by atoms with Crippen molar-refractivity contribution < 1.29 is 9.53 Å². The summed E-state index contributed by atoms with van der Waals surface area (Å²) in [7, 11) is 1.42. The first-order chi connectivity index (χ1) is 8.29. The Morgan fingerprint density at radius 1 is 1.41 bits per heavy atom. The summed E-state index contributed by atoms with van der Waals surface area (Å²) < 4.78 is 4.77. The molecular weight excluding hydrogens is 216 g/mol. The van der Waals surface area contributed by atoms with E-state index in [1.165, 1.54) is 23.8 Å². The molecule has 4 nitrogen and oxygen atoms in total. The van der Waals surface area contributed by atoms with Crippen LogP contribution in [-0.4, -0.2) is 29.6 Å². The van der Waals surface area contributed by atoms with Crippen molar-refractivity contribution in [2.75, 3.05) is 13.7 Å². The van der Waals surface area contributed by atoms with Crippen molar-refractivity contribution in [2.45, 2.75) is 13.0 Å². The van der Waals surface area contributed by atoms with E-state index in [2.05, 4.69) is 17.1 Å². The molecule has 0 aliphatic carbocycles. The van der Waals surface area contributed by atoms with Crippen LogP contribution < -0.4 is 0 Å². The number of para-hydroxylation sites is 1. The quantitative estimate of drug-likeness (QED) is 0.754. The van der Waals surface area contributed by atoms with E-state index in [-0.39, 0.29) is 6.09 Å². The predicted octanol–water partition coefficient (Wildman–Crippen LogP) is 2.29. The second kappa shape index (κ2) is 3.80. The van der Waals surface area contributed by atoms with Crippen LogP contribution in [0.4, 0.5) is 4.79 Å². The Kier molecular flexibility index (Phi) is 2.28. The van der Waals surface area contributed by atoms with Gasteiger partial charge in [0.2, 0.25) is 0 Å². The Morgan fingerprint density at radius 2 is 2.24 bits per heavy atom. The number of nitrogens with zero attached hydrogens (tertiary/aromatic N) is 1. The number of ether oxygens (including phenoxy) is 1. The second-order valence-corrected chi connectivity index (χ2v) is 4.27. The summed E-state index contributed by atoms with van der Waals surface area (Å²) in [6, 6.07) is 8.19. The van der Waals surface area contributed by atoms with Gasteiger partial charge in [0.15, 0.2) is 0 Å². The van der Waals surface area contributed by atoms with Gasteiger partial charge in [-0.25, -0.2) is 4.79 Å². The lowest BCUT2D eigenvalue weighted by Crippen LogP contribution is -2.35. The molecule has 2 aromatic rings. The van der Waals surface area contributed by atoms with Gasteiger partial charge in [-0.3, -0.25) is 0 Å². The number of fused-ring (bicyclic) bond motifs is 3. The molecule has 0 spiro atoms. The number of nitrogens with one attached hydrogen (secondary N) is 1. The van der Waals surface area contributed by atoms with Crippen LogP contribution in [0, 0.1) is 0 Å². The topological polar surface area (TPSA) is 45.3 Å². The van der Waals surface area contributed by atoms with E-state index in [0.717, 1.165) is 11.9 Å². The number of hydrogen-bond acceptors (Lipinski definition) is 2. The lowest BCUT2D eigenvalue weighted by Gasteiger charge is -2.25. The first-order valence-electron chi connectivity index (χ1n) is 5.71. The number of carbonyl (C=O) groups is 1. The fraction of sp³-hybridized carbons (Fsp3) is 0.308. The van der Waals surface area contributed by atoms with Crippen molar-refractivity contribution in [3.05, 3.63) is 35.5 Å². The van der Waals surface area contributed by atoms with Gasteiger partial charge in [0, 0.05) is 35.1 Å². The number of methoxy groups -OCH3 is 1. The summed E-state index contributed by atoms with van der Waals surface area (Å²) in [6.45, 7) is 1.35. The second-order valence-electron chi connectivity index (χ2n) is 4.27. The van der Waals surface area contributed by atoms with Crippen molar-refractivity contribution in [1.82, 2.24) is 9.88 Å². The van der Waals surface area contributed by atoms with E-state index in [4.69, 9.17) is 4.74 Å². The molecule has 88 valence electrons. The van der Waals surface area contributed by atoms with Gasteiger partial charge in [-0.15, -0.1) is 0 Å². The Balaban J connectivity index is 2.03. The van der Waals surface area contributed by atoms with E-state index in [9.17, 15) is 4.79 Å². The molecule has 0 saturated heterocycles. The smallest absolute Gasteiger partial charge is 0.409 e. The zero-order chi connectivity index (χ0) is 11.8. The van der Waals surface area contributed by atoms with Crippen LogP contribution in [-0.2, 0) is 17.7 Å². The number of hydrogen-bond donors (Lipinski definition) is 1.